The number of amides is 1. The lowest BCUT2D eigenvalue weighted by Crippen LogP contribution is -2.23. The fourth-order valence-electron chi connectivity index (χ4n) is 3.07. The molecule has 2 aromatic heterocycles. The van der Waals surface area contributed by atoms with Gasteiger partial charge in [0.15, 0.2) is 0 Å². The predicted octanol–water partition coefficient (Wildman–Crippen LogP) is 3.48. The van der Waals surface area contributed by atoms with Gasteiger partial charge in [0.25, 0.3) is 11.6 Å². The average molecular weight is 415 g/mol. The lowest BCUT2D eigenvalue weighted by Gasteiger charge is -2.07. The first-order chi connectivity index (χ1) is 15.0. The molecule has 0 fully saturated rings. The SMILES string of the molecule is O=C(NCc1cc([N+](=O)[O-])ccc1O)c1cn(-c2ccccc2)nc1-c1cccnc1. The Morgan fingerprint density at radius 3 is 2.65 bits per heavy atom. The number of hydrogen-bond donors (Lipinski definition) is 2. The molecule has 2 heterocycles. The highest BCUT2D eigenvalue weighted by atomic mass is 16.6. The highest BCUT2D eigenvalue weighted by Gasteiger charge is 2.19. The van der Waals surface area contributed by atoms with Crippen LogP contribution in [0, 0.1) is 10.1 Å². The quantitative estimate of drug-likeness (QED) is 0.367. The standard InChI is InChI=1S/C22H17N5O4/c28-20-9-8-18(27(30)31)11-16(20)13-24-22(29)19-14-26(17-6-2-1-3-7-17)25-21(19)15-5-4-10-23-12-15/h1-12,14,28H,13H2,(H,24,29). The van der Waals surface area contributed by atoms with E-state index in [1.807, 2.05) is 30.3 Å². The molecule has 9 heteroatoms. The Hall–Kier alpha value is -4.53. The van der Waals surface area contributed by atoms with Crippen LogP contribution in [0.3, 0.4) is 0 Å². The Bertz CT molecular complexity index is 1240. The summed E-state index contributed by atoms with van der Waals surface area (Å²) in [6.45, 7) is -0.0880. The number of carbonyl (C=O) groups is 1. The smallest absolute Gasteiger partial charge is 0.270 e. The molecule has 2 N–H and O–H groups in total. The molecule has 4 rings (SSSR count). The van der Waals surface area contributed by atoms with Crippen LogP contribution in [0.25, 0.3) is 16.9 Å². The lowest BCUT2D eigenvalue weighted by molar-refractivity contribution is -0.384. The van der Waals surface area contributed by atoms with Gasteiger partial charge >= 0.3 is 0 Å². The van der Waals surface area contributed by atoms with E-state index in [0.717, 1.165) is 5.69 Å². The first-order valence-electron chi connectivity index (χ1n) is 9.33. The van der Waals surface area contributed by atoms with Gasteiger partial charge in [0.05, 0.1) is 16.2 Å². The number of aromatic hydroxyl groups is 1. The number of nitrogens with zero attached hydrogens (tertiary/aromatic N) is 4. The number of rotatable bonds is 6. The van der Waals surface area contributed by atoms with E-state index in [4.69, 9.17) is 0 Å². The number of phenols is 1. The van der Waals surface area contributed by atoms with Crippen LogP contribution in [0.4, 0.5) is 5.69 Å². The minimum atomic E-state index is -0.560. The number of pyridine rings is 1. The minimum Gasteiger partial charge on any atom is -0.508 e. The molecule has 31 heavy (non-hydrogen) atoms. The van der Waals surface area contributed by atoms with E-state index in [1.165, 1.54) is 18.2 Å². The molecule has 0 aliphatic carbocycles. The van der Waals surface area contributed by atoms with Crippen LogP contribution in [0.5, 0.6) is 5.75 Å². The molecule has 4 aromatic rings. The van der Waals surface area contributed by atoms with Crippen molar-refractivity contribution in [3.8, 4) is 22.7 Å². The predicted molar refractivity (Wildman–Crippen MR) is 113 cm³/mol. The average Bonchev–Trinajstić information content (AvgIpc) is 3.25. The van der Waals surface area contributed by atoms with Crippen LogP contribution in [-0.4, -0.2) is 30.7 Å². The van der Waals surface area contributed by atoms with Gasteiger partial charge in [-0.2, -0.15) is 5.10 Å². The van der Waals surface area contributed by atoms with Gasteiger partial charge in [-0.15, -0.1) is 0 Å². The van der Waals surface area contributed by atoms with E-state index in [2.05, 4.69) is 15.4 Å². The minimum absolute atomic E-state index is 0.0880. The van der Waals surface area contributed by atoms with E-state index in [1.54, 1.807) is 35.4 Å². The number of nitrogens with one attached hydrogen (secondary N) is 1. The van der Waals surface area contributed by atoms with Gasteiger partial charge in [-0.3, -0.25) is 19.9 Å². The maximum Gasteiger partial charge on any atom is 0.270 e. The fourth-order valence-corrected chi connectivity index (χ4v) is 3.07. The summed E-state index contributed by atoms with van der Waals surface area (Å²) in [7, 11) is 0. The summed E-state index contributed by atoms with van der Waals surface area (Å²) in [6, 6.07) is 16.6. The maximum absolute atomic E-state index is 13.0. The van der Waals surface area contributed by atoms with Crippen molar-refractivity contribution in [1.29, 1.82) is 0 Å². The second-order valence-corrected chi connectivity index (χ2v) is 6.67. The van der Waals surface area contributed by atoms with Crippen LogP contribution in [-0.2, 0) is 6.54 Å². The number of phenolic OH excluding ortho intramolecular Hbond substituents is 1. The Morgan fingerprint density at radius 2 is 1.94 bits per heavy atom. The van der Waals surface area contributed by atoms with Crippen molar-refractivity contribution >= 4 is 11.6 Å². The van der Waals surface area contributed by atoms with E-state index in [9.17, 15) is 20.0 Å². The largest absolute Gasteiger partial charge is 0.508 e. The van der Waals surface area contributed by atoms with E-state index >= 15 is 0 Å². The summed E-state index contributed by atoms with van der Waals surface area (Å²) in [5.41, 5.74) is 2.26. The highest BCUT2D eigenvalue weighted by molar-refractivity contribution is 5.99. The van der Waals surface area contributed by atoms with Crippen molar-refractivity contribution in [3.63, 3.8) is 0 Å². The van der Waals surface area contributed by atoms with Gasteiger partial charge in [0.1, 0.15) is 11.4 Å². The second-order valence-electron chi connectivity index (χ2n) is 6.67. The van der Waals surface area contributed by atoms with Crippen molar-refractivity contribution in [1.82, 2.24) is 20.1 Å². The first-order valence-corrected chi connectivity index (χ1v) is 9.33. The normalized spacial score (nSPS) is 10.6. The molecule has 0 radical (unpaired) electrons. The summed E-state index contributed by atoms with van der Waals surface area (Å²) in [5, 5.41) is 28.2. The number of non-ortho nitro benzene ring substituents is 1. The van der Waals surface area contributed by atoms with E-state index < -0.39 is 10.8 Å². The summed E-state index contributed by atoms with van der Waals surface area (Å²) in [5.74, 6) is -0.578. The zero-order valence-corrected chi connectivity index (χ0v) is 16.2. The zero-order valence-electron chi connectivity index (χ0n) is 16.2. The third-order valence-corrected chi connectivity index (χ3v) is 4.63. The fraction of sp³-hybridized carbons (Fsp3) is 0.0455. The number of hydrogen-bond acceptors (Lipinski definition) is 6. The number of carbonyl (C=O) groups excluding carboxylic acids is 1. The molecule has 154 valence electrons. The monoisotopic (exact) mass is 415 g/mol. The third kappa shape index (κ3) is 4.25. The van der Waals surface area contributed by atoms with Crippen molar-refractivity contribution in [2.45, 2.75) is 6.54 Å². The molecule has 0 aliphatic rings. The molecule has 0 aliphatic heterocycles. The highest BCUT2D eigenvalue weighted by Crippen LogP contribution is 2.25. The molecule has 0 saturated heterocycles. The number of aromatic nitrogens is 3. The molecule has 0 unspecified atom stereocenters. The Kier molecular flexibility index (Phi) is 5.39. The first kappa shape index (κ1) is 19.8. The van der Waals surface area contributed by atoms with E-state index in [0.29, 0.717) is 16.8 Å². The van der Waals surface area contributed by atoms with Gasteiger partial charge in [0, 0.05) is 48.4 Å². The third-order valence-electron chi connectivity index (χ3n) is 4.63. The van der Waals surface area contributed by atoms with Crippen LogP contribution in [0.2, 0.25) is 0 Å². The van der Waals surface area contributed by atoms with Crippen LogP contribution < -0.4 is 5.32 Å². The van der Waals surface area contributed by atoms with Gasteiger partial charge in [-0.05, 0) is 30.3 Å². The summed E-state index contributed by atoms with van der Waals surface area (Å²) < 4.78 is 1.60. The zero-order chi connectivity index (χ0) is 21.8. The van der Waals surface area contributed by atoms with Crippen molar-refractivity contribution in [3.05, 3.63) is 100 Å². The molecular formula is C22H17N5O4. The van der Waals surface area contributed by atoms with Gasteiger partial charge in [-0.1, -0.05) is 18.2 Å². The summed E-state index contributed by atoms with van der Waals surface area (Å²) in [4.78, 5) is 27.5. The van der Waals surface area contributed by atoms with Crippen molar-refractivity contribution < 1.29 is 14.8 Å². The molecule has 0 atom stereocenters. The van der Waals surface area contributed by atoms with Crippen molar-refractivity contribution in [2.24, 2.45) is 0 Å². The van der Waals surface area contributed by atoms with E-state index in [-0.39, 0.29) is 23.5 Å². The Labute approximate surface area is 176 Å². The number of nitro benzene ring substituents is 1. The van der Waals surface area contributed by atoms with Crippen molar-refractivity contribution in [2.75, 3.05) is 0 Å². The molecule has 0 bridgehead atoms. The van der Waals surface area contributed by atoms with Crippen LogP contribution >= 0.6 is 0 Å². The molecule has 2 aromatic carbocycles. The molecular weight excluding hydrogens is 398 g/mol. The van der Waals surface area contributed by atoms with Gasteiger partial charge < -0.3 is 10.4 Å². The Balaban J connectivity index is 1.65. The molecule has 0 spiro atoms. The topological polar surface area (TPSA) is 123 Å². The van der Waals surface area contributed by atoms with Gasteiger partial charge in [0.2, 0.25) is 0 Å². The molecule has 1 amide bonds. The summed E-state index contributed by atoms with van der Waals surface area (Å²) >= 11 is 0. The Morgan fingerprint density at radius 1 is 1.13 bits per heavy atom. The number of nitro groups is 1. The lowest BCUT2D eigenvalue weighted by atomic mass is 10.1. The maximum atomic E-state index is 13.0. The summed E-state index contributed by atoms with van der Waals surface area (Å²) in [6.07, 6.45) is 4.85. The van der Waals surface area contributed by atoms with Gasteiger partial charge in [-0.25, -0.2) is 4.68 Å². The van der Waals surface area contributed by atoms with Crippen LogP contribution in [0.1, 0.15) is 15.9 Å². The number of para-hydroxylation sites is 1. The number of benzene rings is 2. The second kappa shape index (κ2) is 8.46. The van der Waals surface area contributed by atoms with Crippen LogP contribution in [0.15, 0.2) is 79.3 Å². The molecule has 0 saturated carbocycles. The molecule has 9 nitrogen and oxygen atoms in total.